The molecule has 0 unspecified atom stereocenters. The van der Waals surface area contributed by atoms with Gasteiger partial charge in [-0.05, 0) is 36.1 Å². The second-order valence-corrected chi connectivity index (χ2v) is 6.87. The third kappa shape index (κ3) is 2.86. The third-order valence-electron chi connectivity index (χ3n) is 4.37. The number of hydrogen-bond acceptors (Lipinski definition) is 6. The van der Waals surface area contributed by atoms with Crippen LogP contribution >= 0.6 is 11.8 Å². The number of rotatable bonds is 5. The summed E-state index contributed by atoms with van der Waals surface area (Å²) in [4.78, 5) is 12.1. The highest BCUT2D eigenvalue weighted by molar-refractivity contribution is 7.98. The fourth-order valence-corrected chi connectivity index (χ4v) is 3.66. The lowest BCUT2D eigenvalue weighted by Gasteiger charge is -2.19. The van der Waals surface area contributed by atoms with Crippen molar-refractivity contribution in [2.75, 3.05) is 25.3 Å². The van der Waals surface area contributed by atoms with E-state index in [-0.39, 0.29) is 0 Å². The summed E-state index contributed by atoms with van der Waals surface area (Å²) in [5, 5.41) is 1.01. The zero-order valence-electron chi connectivity index (χ0n) is 14.9. The largest absolute Gasteiger partial charge is 0.496 e. The van der Waals surface area contributed by atoms with E-state index in [1.807, 2.05) is 37.6 Å². The molecule has 0 spiro atoms. The molecule has 0 fully saturated rings. The predicted octanol–water partition coefficient (Wildman–Crippen LogP) is 4.74. The van der Waals surface area contributed by atoms with E-state index >= 15 is 0 Å². The summed E-state index contributed by atoms with van der Waals surface area (Å²) in [7, 11) is 3.70. The number of aromatic nitrogens is 2. The summed E-state index contributed by atoms with van der Waals surface area (Å²) >= 11 is 1.67. The van der Waals surface area contributed by atoms with Crippen LogP contribution in [0.5, 0.6) is 5.75 Å². The van der Waals surface area contributed by atoms with E-state index in [1.54, 1.807) is 25.2 Å². The maximum Gasteiger partial charge on any atom is 0.196 e. The summed E-state index contributed by atoms with van der Waals surface area (Å²) in [5.41, 5.74) is 3.52. The second kappa shape index (κ2) is 6.88. The molecule has 0 radical (unpaired) electrons. The van der Waals surface area contributed by atoms with Gasteiger partial charge in [0, 0.05) is 23.9 Å². The lowest BCUT2D eigenvalue weighted by atomic mass is 10.2. The van der Waals surface area contributed by atoms with Crippen LogP contribution in [-0.4, -0.2) is 30.4 Å². The molecule has 5 nitrogen and oxygen atoms in total. The number of fused-ring (bicyclic) bond motifs is 3. The smallest absolute Gasteiger partial charge is 0.196 e. The summed E-state index contributed by atoms with van der Waals surface area (Å²) < 4.78 is 11.5. The van der Waals surface area contributed by atoms with Crippen LogP contribution in [0.3, 0.4) is 0 Å². The van der Waals surface area contributed by atoms with E-state index in [9.17, 15) is 0 Å². The number of nitrogens with zero attached hydrogens (tertiary/aromatic N) is 3. The van der Waals surface area contributed by atoms with Gasteiger partial charge < -0.3 is 14.1 Å². The van der Waals surface area contributed by atoms with Gasteiger partial charge in [0.15, 0.2) is 11.4 Å². The Morgan fingerprint density at radius 2 is 2.00 bits per heavy atom. The maximum atomic E-state index is 6.03. The number of thioether (sulfide) groups is 1. The van der Waals surface area contributed by atoms with Crippen LogP contribution in [-0.2, 0) is 6.54 Å². The van der Waals surface area contributed by atoms with Crippen molar-refractivity contribution in [3.05, 3.63) is 54.4 Å². The van der Waals surface area contributed by atoms with Gasteiger partial charge in [0.2, 0.25) is 0 Å². The van der Waals surface area contributed by atoms with Crippen molar-refractivity contribution < 1.29 is 9.15 Å². The lowest BCUT2D eigenvalue weighted by molar-refractivity contribution is 0.404. The highest BCUT2D eigenvalue weighted by atomic mass is 32.2. The molecule has 2 aromatic heterocycles. The molecule has 2 aromatic carbocycles. The minimum absolute atomic E-state index is 0.689. The molecule has 26 heavy (non-hydrogen) atoms. The molecule has 0 saturated carbocycles. The highest BCUT2D eigenvalue weighted by Gasteiger charge is 2.16. The van der Waals surface area contributed by atoms with Gasteiger partial charge in [-0.3, -0.25) is 0 Å². The number of anilines is 1. The molecule has 4 rings (SSSR count). The fraction of sp³-hybridized carbons (Fsp3) is 0.200. The monoisotopic (exact) mass is 365 g/mol. The third-order valence-corrected chi connectivity index (χ3v) is 5.15. The maximum absolute atomic E-state index is 6.03. The molecule has 0 aliphatic heterocycles. The summed E-state index contributed by atoms with van der Waals surface area (Å²) in [6, 6.07) is 14.2. The van der Waals surface area contributed by atoms with Crippen LogP contribution in [0, 0.1) is 0 Å². The Balaban J connectivity index is 1.71. The lowest BCUT2D eigenvalue weighted by Crippen LogP contribution is -2.18. The number of para-hydroxylation sites is 1. The Bertz CT molecular complexity index is 1080. The topological polar surface area (TPSA) is 51.4 Å². The van der Waals surface area contributed by atoms with Crippen molar-refractivity contribution in [1.29, 1.82) is 0 Å². The van der Waals surface area contributed by atoms with Crippen molar-refractivity contribution in [2.45, 2.75) is 11.4 Å². The number of hydrogen-bond donors (Lipinski definition) is 0. The molecule has 132 valence electrons. The Labute approximate surface area is 156 Å². The van der Waals surface area contributed by atoms with E-state index < -0.39 is 0 Å². The van der Waals surface area contributed by atoms with Crippen LogP contribution in [0.1, 0.15) is 5.56 Å². The van der Waals surface area contributed by atoms with Crippen LogP contribution in [0.2, 0.25) is 0 Å². The van der Waals surface area contributed by atoms with Gasteiger partial charge in [-0.2, -0.15) is 0 Å². The van der Waals surface area contributed by atoms with Gasteiger partial charge in [-0.1, -0.05) is 18.2 Å². The average Bonchev–Trinajstić information content (AvgIpc) is 3.06. The molecule has 0 atom stereocenters. The van der Waals surface area contributed by atoms with Gasteiger partial charge in [-0.15, -0.1) is 11.8 Å². The minimum atomic E-state index is 0.689. The summed E-state index contributed by atoms with van der Waals surface area (Å²) in [6.07, 6.45) is 3.64. The van der Waals surface area contributed by atoms with Crippen LogP contribution < -0.4 is 9.64 Å². The summed E-state index contributed by atoms with van der Waals surface area (Å²) in [6.45, 7) is 0.689. The van der Waals surface area contributed by atoms with Crippen molar-refractivity contribution in [2.24, 2.45) is 0 Å². The number of methoxy groups -OCH3 is 1. The fourth-order valence-electron chi connectivity index (χ4n) is 3.11. The molecular formula is C20H19N3O2S. The molecule has 0 bridgehead atoms. The van der Waals surface area contributed by atoms with Crippen molar-refractivity contribution in [3.8, 4) is 5.75 Å². The number of benzene rings is 2. The molecule has 0 aliphatic carbocycles. The molecule has 0 amide bonds. The standard InChI is InChI=1S/C20H19N3O2S/c1-23(11-13-8-9-17(26-3)16(10-13)24-2)20-19-18(21-12-22-20)14-6-4-5-7-15(14)25-19/h4-10,12H,11H2,1-3H3. The Hall–Kier alpha value is -2.73. The van der Waals surface area contributed by atoms with Gasteiger partial charge in [0.05, 0.1) is 7.11 Å². The van der Waals surface area contributed by atoms with Gasteiger partial charge in [0.1, 0.15) is 23.2 Å². The second-order valence-electron chi connectivity index (χ2n) is 6.02. The van der Waals surface area contributed by atoms with Crippen molar-refractivity contribution >= 4 is 39.6 Å². The Morgan fingerprint density at radius 3 is 2.81 bits per heavy atom. The van der Waals surface area contributed by atoms with E-state index in [0.717, 1.165) is 38.5 Å². The van der Waals surface area contributed by atoms with E-state index in [0.29, 0.717) is 12.1 Å². The van der Waals surface area contributed by atoms with Crippen LogP contribution in [0.25, 0.3) is 22.1 Å². The first-order valence-electron chi connectivity index (χ1n) is 8.25. The zero-order chi connectivity index (χ0) is 18.1. The summed E-state index contributed by atoms with van der Waals surface area (Å²) in [5.74, 6) is 1.67. The van der Waals surface area contributed by atoms with E-state index in [2.05, 4.69) is 33.1 Å². The first-order chi connectivity index (χ1) is 12.7. The molecule has 4 aromatic rings. The molecule has 6 heteroatoms. The SMILES string of the molecule is COc1cc(CN(C)c2ncnc3c2oc2ccccc23)ccc1SC. The Kier molecular flexibility index (Phi) is 4.42. The number of furan rings is 1. The van der Waals surface area contributed by atoms with Crippen LogP contribution in [0.15, 0.2) is 58.1 Å². The molecular weight excluding hydrogens is 346 g/mol. The molecule has 0 saturated heterocycles. The zero-order valence-corrected chi connectivity index (χ0v) is 15.7. The van der Waals surface area contributed by atoms with Crippen molar-refractivity contribution in [3.63, 3.8) is 0 Å². The molecule has 0 N–H and O–H groups in total. The quantitative estimate of drug-likeness (QED) is 0.476. The average molecular weight is 365 g/mol. The van der Waals surface area contributed by atoms with E-state index in [4.69, 9.17) is 9.15 Å². The first-order valence-corrected chi connectivity index (χ1v) is 9.48. The first kappa shape index (κ1) is 16.7. The highest BCUT2D eigenvalue weighted by Crippen LogP contribution is 2.33. The predicted molar refractivity (Wildman–Crippen MR) is 106 cm³/mol. The van der Waals surface area contributed by atoms with E-state index in [1.165, 1.54) is 0 Å². The van der Waals surface area contributed by atoms with Crippen LogP contribution in [0.4, 0.5) is 5.82 Å². The number of ether oxygens (including phenoxy) is 1. The van der Waals surface area contributed by atoms with Gasteiger partial charge in [0.25, 0.3) is 0 Å². The minimum Gasteiger partial charge on any atom is -0.496 e. The van der Waals surface area contributed by atoms with Crippen molar-refractivity contribution in [1.82, 2.24) is 9.97 Å². The normalized spacial score (nSPS) is 11.2. The molecule has 2 heterocycles. The van der Waals surface area contributed by atoms with Gasteiger partial charge in [-0.25, -0.2) is 9.97 Å². The Morgan fingerprint density at radius 1 is 1.15 bits per heavy atom. The van der Waals surface area contributed by atoms with Gasteiger partial charge >= 0.3 is 0 Å². The molecule has 0 aliphatic rings.